The molecular weight excluding hydrogens is 343 g/mol. The van der Waals surface area contributed by atoms with E-state index in [0.29, 0.717) is 12.2 Å². The summed E-state index contributed by atoms with van der Waals surface area (Å²) >= 11 is 2.35. The molecule has 0 atom stereocenters. The molecule has 0 spiro atoms. The molecular formula is C14H19IO3. The second-order valence-electron chi connectivity index (χ2n) is 3.60. The predicted octanol–water partition coefficient (Wildman–Crippen LogP) is 3.61. The normalized spacial score (nSPS) is 9.22. The van der Waals surface area contributed by atoms with Gasteiger partial charge >= 0.3 is 5.97 Å². The molecule has 0 aliphatic rings. The average molecular weight is 362 g/mol. The number of hydrogen-bond donors (Lipinski definition) is 2. The molecule has 0 aliphatic heterocycles. The van der Waals surface area contributed by atoms with Gasteiger partial charge in [0.2, 0.25) is 0 Å². The Kier molecular flexibility index (Phi) is 10.7. The van der Waals surface area contributed by atoms with Crippen molar-refractivity contribution in [1.82, 2.24) is 0 Å². The van der Waals surface area contributed by atoms with Crippen molar-refractivity contribution in [3.8, 4) is 0 Å². The monoisotopic (exact) mass is 362 g/mol. The third kappa shape index (κ3) is 8.25. The molecule has 0 bridgehead atoms. The molecule has 1 rings (SSSR count). The van der Waals surface area contributed by atoms with Crippen LogP contribution in [-0.4, -0.2) is 27.2 Å². The van der Waals surface area contributed by atoms with Crippen molar-refractivity contribution in [2.75, 3.05) is 11.0 Å². The summed E-state index contributed by atoms with van der Waals surface area (Å²) in [4.78, 5) is 10.4. The number of unbranched alkanes of at least 4 members (excludes halogenated alkanes) is 2. The van der Waals surface area contributed by atoms with E-state index in [9.17, 15) is 4.79 Å². The first-order valence-corrected chi connectivity index (χ1v) is 7.31. The highest BCUT2D eigenvalue weighted by atomic mass is 127. The first-order chi connectivity index (χ1) is 8.65. The molecule has 0 fully saturated rings. The van der Waals surface area contributed by atoms with E-state index in [0.717, 1.165) is 12.0 Å². The summed E-state index contributed by atoms with van der Waals surface area (Å²) in [5, 5.41) is 16.8. The Labute approximate surface area is 122 Å². The van der Waals surface area contributed by atoms with Crippen molar-refractivity contribution in [2.24, 2.45) is 0 Å². The minimum Gasteiger partial charge on any atom is -0.478 e. The molecule has 3 nitrogen and oxygen atoms in total. The molecule has 4 heteroatoms. The lowest BCUT2D eigenvalue weighted by Crippen LogP contribution is -1.94. The second kappa shape index (κ2) is 11.2. The van der Waals surface area contributed by atoms with E-state index < -0.39 is 5.97 Å². The summed E-state index contributed by atoms with van der Waals surface area (Å²) < 4.78 is 1.22. The zero-order valence-corrected chi connectivity index (χ0v) is 12.5. The van der Waals surface area contributed by atoms with Crippen LogP contribution in [0.1, 0.15) is 35.2 Å². The van der Waals surface area contributed by atoms with Gasteiger partial charge in [-0.15, -0.1) is 0 Å². The number of benzene rings is 1. The van der Waals surface area contributed by atoms with E-state index in [1.807, 2.05) is 0 Å². The van der Waals surface area contributed by atoms with Crippen molar-refractivity contribution >= 4 is 34.6 Å². The van der Waals surface area contributed by atoms with Gasteiger partial charge < -0.3 is 10.2 Å². The maximum absolute atomic E-state index is 10.4. The van der Waals surface area contributed by atoms with Crippen molar-refractivity contribution < 1.29 is 15.0 Å². The number of carboxylic acid groups (broad SMARTS) is 1. The standard InChI is InChI=1S/C9H8O2.C5H11IO/c1-2-7-3-5-8(6-4-7)9(10)11;6-4-2-1-3-5-7/h2-6H,1H2,(H,10,11);7H,1-5H2. The highest BCUT2D eigenvalue weighted by Gasteiger charge is 1.99. The minimum absolute atomic E-state index is 0.301. The predicted molar refractivity (Wildman–Crippen MR) is 83.3 cm³/mol. The number of aliphatic hydroxyl groups excluding tert-OH is 1. The summed E-state index contributed by atoms with van der Waals surface area (Å²) in [5.41, 5.74) is 1.23. The fourth-order valence-electron chi connectivity index (χ4n) is 1.14. The number of aromatic carboxylic acids is 1. The Morgan fingerprint density at radius 2 is 1.83 bits per heavy atom. The lowest BCUT2D eigenvalue weighted by molar-refractivity contribution is 0.0697. The van der Waals surface area contributed by atoms with Gasteiger partial charge in [0.05, 0.1) is 5.56 Å². The highest BCUT2D eigenvalue weighted by Crippen LogP contribution is 2.04. The summed E-state index contributed by atoms with van der Waals surface area (Å²) in [6.45, 7) is 3.92. The Hall–Kier alpha value is -0.880. The van der Waals surface area contributed by atoms with Gasteiger partial charge in [0.15, 0.2) is 0 Å². The number of aliphatic hydroxyl groups is 1. The second-order valence-corrected chi connectivity index (χ2v) is 4.68. The van der Waals surface area contributed by atoms with Crippen LogP contribution >= 0.6 is 22.6 Å². The van der Waals surface area contributed by atoms with E-state index in [4.69, 9.17) is 10.2 Å². The van der Waals surface area contributed by atoms with Gasteiger partial charge in [-0.3, -0.25) is 0 Å². The summed E-state index contributed by atoms with van der Waals surface area (Å²) in [6.07, 6.45) is 5.08. The summed E-state index contributed by atoms with van der Waals surface area (Å²) in [7, 11) is 0. The van der Waals surface area contributed by atoms with E-state index in [1.165, 1.54) is 17.3 Å². The fraction of sp³-hybridized carbons (Fsp3) is 0.357. The summed E-state index contributed by atoms with van der Waals surface area (Å²) in [5.74, 6) is -0.902. The van der Waals surface area contributed by atoms with E-state index in [2.05, 4.69) is 29.2 Å². The molecule has 0 aliphatic carbocycles. The molecule has 0 saturated heterocycles. The van der Waals surface area contributed by atoms with E-state index in [1.54, 1.807) is 30.3 Å². The van der Waals surface area contributed by atoms with Crippen molar-refractivity contribution in [1.29, 1.82) is 0 Å². The molecule has 0 saturated carbocycles. The third-order valence-electron chi connectivity index (χ3n) is 2.19. The van der Waals surface area contributed by atoms with Crippen LogP contribution in [0.5, 0.6) is 0 Å². The number of alkyl halides is 1. The van der Waals surface area contributed by atoms with Crippen LogP contribution in [0.3, 0.4) is 0 Å². The van der Waals surface area contributed by atoms with E-state index >= 15 is 0 Å². The first-order valence-electron chi connectivity index (χ1n) is 5.78. The zero-order valence-electron chi connectivity index (χ0n) is 10.3. The Morgan fingerprint density at radius 1 is 1.22 bits per heavy atom. The molecule has 1 aromatic rings. The molecule has 18 heavy (non-hydrogen) atoms. The quantitative estimate of drug-likeness (QED) is 0.462. The van der Waals surface area contributed by atoms with Gasteiger partial charge in [-0.1, -0.05) is 53.8 Å². The third-order valence-corrected chi connectivity index (χ3v) is 2.95. The maximum atomic E-state index is 10.4. The van der Waals surface area contributed by atoms with Crippen molar-refractivity contribution in [3.63, 3.8) is 0 Å². The highest BCUT2D eigenvalue weighted by molar-refractivity contribution is 14.1. The molecule has 2 N–H and O–H groups in total. The largest absolute Gasteiger partial charge is 0.478 e. The molecule has 1 aromatic carbocycles. The van der Waals surface area contributed by atoms with Crippen molar-refractivity contribution in [2.45, 2.75) is 19.3 Å². The van der Waals surface area contributed by atoms with Crippen molar-refractivity contribution in [3.05, 3.63) is 42.0 Å². The van der Waals surface area contributed by atoms with E-state index in [-0.39, 0.29) is 0 Å². The minimum atomic E-state index is -0.902. The lowest BCUT2D eigenvalue weighted by atomic mass is 10.1. The first kappa shape index (κ1) is 17.1. The molecule has 0 radical (unpaired) electrons. The Morgan fingerprint density at radius 3 is 2.22 bits per heavy atom. The lowest BCUT2D eigenvalue weighted by Gasteiger charge is -1.93. The number of carboxylic acids is 1. The number of rotatable bonds is 6. The van der Waals surface area contributed by atoms with Gasteiger partial charge in [0, 0.05) is 6.61 Å². The number of halogens is 1. The number of carbonyl (C=O) groups is 1. The maximum Gasteiger partial charge on any atom is 0.335 e. The zero-order chi connectivity index (χ0) is 13.8. The van der Waals surface area contributed by atoms with Crippen LogP contribution in [0.4, 0.5) is 0 Å². The van der Waals surface area contributed by atoms with Crippen LogP contribution in [0.25, 0.3) is 6.08 Å². The van der Waals surface area contributed by atoms with Crippen LogP contribution in [-0.2, 0) is 0 Å². The van der Waals surface area contributed by atoms with Crippen LogP contribution < -0.4 is 0 Å². The average Bonchev–Trinajstić information content (AvgIpc) is 2.40. The van der Waals surface area contributed by atoms with Crippen LogP contribution in [0, 0.1) is 0 Å². The van der Waals surface area contributed by atoms with Crippen LogP contribution in [0.2, 0.25) is 0 Å². The Balaban J connectivity index is 0.000000360. The Bertz CT molecular complexity index is 343. The van der Waals surface area contributed by atoms with Gasteiger partial charge in [-0.2, -0.15) is 0 Å². The molecule has 0 aromatic heterocycles. The summed E-state index contributed by atoms with van der Waals surface area (Å²) in [6, 6.07) is 6.55. The van der Waals surface area contributed by atoms with Gasteiger partial charge in [-0.05, 0) is 35.0 Å². The molecule has 0 unspecified atom stereocenters. The number of hydrogen-bond acceptors (Lipinski definition) is 2. The topological polar surface area (TPSA) is 57.5 Å². The van der Waals surface area contributed by atoms with Gasteiger partial charge in [0.25, 0.3) is 0 Å². The van der Waals surface area contributed by atoms with Crippen LogP contribution in [0.15, 0.2) is 30.8 Å². The molecule has 100 valence electrons. The van der Waals surface area contributed by atoms with Gasteiger partial charge in [-0.25, -0.2) is 4.79 Å². The smallest absolute Gasteiger partial charge is 0.335 e. The van der Waals surface area contributed by atoms with Gasteiger partial charge in [0.1, 0.15) is 0 Å². The molecule has 0 heterocycles. The fourth-order valence-corrected chi connectivity index (χ4v) is 1.68. The molecule has 0 amide bonds. The SMILES string of the molecule is C=Cc1ccc(C(=O)O)cc1.OCCCCCI.